The van der Waals surface area contributed by atoms with Crippen molar-refractivity contribution in [3.05, 3.63) is 23.8 Å². The van der Waals surface area contributed by atoms with Crippen molar-refractivity contribution < 1.29 is 4.79 Å². The van der Waals surface area contributed by atoms with Crippen molar-refractivity contribution in [3.63, 3.8) is 0 Å². The van der Waals surface area contributed by atoms with E-state index >= 15 is 0 Å². The molecule has 2 rings (SSSR count). The van der Waals surface area contributed by atoms with Gasteiger partial charge in [-0.25, -0.2) is 0 Å². The molecule has 1 aliphatic heterocycles. The van der Waals surface area contributed by atoms with Crippen LogP contribution < -0.4 is 16.0 Å². The van der Waals surface area contributed by atoms with Gasteiger partial charge in [0.1, 0.15) is 0 Å². The molecule has 0 bridgehead atoms. The van der Waals surface area contributed by atoms with E-state index in [-0.39, 0.29) is 18.4 Å². The van der Waals surface area contributed by atoms with Crippen LogP contribution in [0.5, 0.6) is 0 Å². The molecule has 1 amide bonds. The zero-order valence-electron chi connectivity index (χ0n) is 10.3. The van der Waals surface area contributed by atoms with Gasteiger partial charge < -0.3 is 16.0 Å². The van der Waals surface area contributed by atoms with Crippen molar-refractivity contribution >= 4 is 17.3 Å². The van der Waals surface area contributed by atoms with E-state index in [4.69, 9.17) is 11.0 Å². The summed E-state index contributed by atoms with van der Waals surface area (Å²) in [4.78, 5) is 13.7. The molecule has 1 aromatic carbocycles. The number of carbonyl (C=O) groups is 1. The molecule has 3 N–H and O–H groups in total. The van der Waals surface area contributed by atoms with E-state index in [0.29, 0.717) is 18.7 Å². The molecule has 0 radical (unpaired) electrons. The Hall–Kier alpha value is -2.06. The fourth-order valence-corrected chi connectivity index (χ4v) is 1.96. The average Bonchev–Trinajstić information content (AvgIpc) is 2.41. The first kappa shape index (κ1) is 12.4. The van der Waals surface area contributed by atoms with Crippen molar-refractivity contribution in [1.29, 1.82) is 5.26 Å². The van der Waals surface area contributed by atoms with Crippen LogP contribution in [0.1, 0.15) is 12.5 Å². The first-order chi connectivity index (χ1) is 8.65. The molecule has 94 valence electrons. The molecule has 5 heteroatoms. The fourth-order valence-electron chi connectivity index (χ4n) is 1.96. The topological polar surface area (TPSA) is 82.2 Å². The predicted molar refractivity (Wildman–Crippen MR) is 70.2 cm³/mol. The van der Waals surface area contributed by atoms with Crippen LogP contribution in [0.4, 0.5) is 11.4 Å². The zero-order chi connectivity index (χ0) is 13.1. The molecule has 1 unspecified atom stereocenters. The van der Waals surface area contributed by atoms with Gasteiger partial charge in [-0.2, -0.15) is 5.26 Å². The summed E-state index contributed by atoms with van der Waals surface area (Å²) in [5.41, 5.74) is 7.81. The van der Waals surface area contributed by atoms with Gasteiger partial charge in [-0.05, 0) is 30.7 Å². The average molecular weight is 244 g/mol. The highest BCUT2D eigenvalue weighted by Crippen LogP contribution is 2.30. The number of anilines is 2. The highest BCUT2D eigenvalue weighted by molar-refractivity contribution is 6.02. The molecular formula is C13H16N4O. The van der Waals surface area contributed by atoms with Gasteiger partial charge in [-0.3, -0.25) is 4.79 Å². The molecule has 18 heavy (non-hydrogen) atoms. The summed E-state index contributed by atoms with van der Waals surface area (Å²) in [5.74, 6) is 0.239. The number of hydrogen-bond acceptors (Lipinski definition) is 4. The Balaban J connectivity index is 2.36. The summed E-state index contributed by atoms with van der Waals surface area (Å²) in [6.07, 6.45) is 0. The van der Waals surface area contributed by atoms with Crippen LogP contribution in [0.2, 0.25) is 0 Å². The molecule has 1 aromatic rings. The van der Waals surface area contributed by atoms with Crippen molar-refractivity contribution in [1.82, 2.24) is 0 Å². The maximum Gasteiger partial charge on any atom is 0.246 e. The third-order valence-corrected chi connectivity index (χ3v) is 3.05. The third-order valence-electron chi connectivity index (χ3n) is 3.05. The number of benzene rings is 1. The quantitative estimate of drug-likeness (QED) is 0.828. The van der Waals surface area contributed by atoms with Crippen LogP contribution in [0.25, 0.3) is 0 Å². The van der Waals surface area contributed by atoms with E-state index in [1.807, 2.05) is 13.0 Å². The van der Waals surface area contributed by atoms with Gasteiger partial charge >= 0.3 is 0 Å². The third kappa shape index (κ3) is 2.29. The number of carbonyl (C=O) groups excluding carboxylic acids is 1. The number of amides is 1. The molecule has 0 saturated carbocycles. The molecule has 1 heterocycles. The minimum atomic E-state index is 0.0119. The zero-order valence-corrected chi connectivity index (χ0v) is 10.3. The Morgan fingerprint density at radius 3 is 3.06 bits per heavy atom. The highest BCUT2D eigenvalue weighted by Gasteiger charge is 2.25. The Morgan fingerprint density at radius 2 is 2.39 bits per heavy atom. The Bertz CT molecular complexity index is 506. The van der Waals surface area contributed by atoms with Crippen molar-refractivity contribution in [2.24, 2.45) is 11.7 Å². The molecule has 0 spiro atoms. The maximum atomic E-state index is 11.9. The van der Waals surface area contributed by atoms with Crippen LogP contribution in [0, 0.1) is 17.2 Å². The van der Waals surface area contributed by atoms with E-state index in [9.17, 15) is 4.79 Å². The summed E-state index contributed by atoms with van der Waals surface area (Å²) < 4.78 is 0. The van der Waals surface area contributed by atoms with E-state index in [2.05, 4.69) is 11.4 Å². The number of nitrogens with zero attached hydrogens (tertiary/aromatic N) is 2. The summed E-state index contributed by atoms with van der Waals surface area (Å²) in [6, 6.07) is 7.40. The van der Waals surface area contributed by atoms with Gasteiger partial charge in [0.2, 0.25) is 5.91 Å². The van der Waals surface area contributed by atoms with Crippen LogP contribution in [0.15, 0.2) is 18.2 Å². The first-order valence-corrected chi connectivity index (χ1v) is 5.94. The van der Waals surface area contributed by atoms with E-state index in [0.717, 1.165) is 11.4 Å². The minimum Gasteiger partial charge on any atom is -0.374 e. The maximum absolute atomic E-state index is 11.9. The normalized spacial score (nSPS) is 15.6. The first-order valence-electron chi connectivity index (χ1n) is 5.94. The van der Waals surface area contributed by atoms with Gasteiger partial charge in [-0.15, -0.1) is 0 Å². The summed E-state index contributed by atoms with van der Waals surface area (Å²) >= 11 is 0. The van der Waals surface area contributed by atoms with E-state index in [1.54, 1.807) is 17.0 Å². The lowest BCUT2D eigenvalue weighted by molar-refractivity contribution is -0.117. The Kier molecular flexibility index (Phi) is 3.49. The van der Waals surface area contributed by atoms with Gasteiger partial charge in [0.05, 0.1) is 29.6 Å². The van der Waals surface area contributed by atoms with Crippen molar-refractivity contribution in [2.45, 2.75) is 6.92 Å². The standard InChI is InChI=1S/C13H16N4O/c1-9(5-14)8-17-12-4-10(6-15)2-3-11(12)16-7-13(17)18/h2-4,9,16H,5,7-8,14H2,1H3. The lowest BCUT2D eigenvalue weighted by Crippen LogP contribution is -2.43. The second kappa shape index (κ2) is 5.07. The summed E-state index contributed by atoms with van der Waals surface area (Å²) in [5, 5.41) is 12.0. The Labute approximate surface area is 106 Å². The predicted octanol–water partition coefficient (Wildman–Crippen LogP) is 0.912. The van der Waals surface area contributed by atoms with Crippen molar-refractivity contribution in [2.75, 3.05) is 29.9 Å². The van der Waals surface area contributed by atoms with Crippen LogP contribution in [-0.4, -0.2) is 25.5 Å². The van der Waals surface area contributed by atoms with Crippen molar-refractivity contribution in [3.8, 4) is 6.07 Å². The molecule has 1 aliphatic rings. The lowest BCUT2D eigenvalue weighted by atomic mass is 10.1. The highest BCUT2D eigenvalue weighted by atomic mass is 16.2. The lowest BCUT2D eigenvalue weighted by Gasteiger charge is -2.32. The minimum absolute atomic E-state index is 0.0119. The summed E-state index contributed by atoms with van der Waals surface area (Å²) in [7, 11) is 0. The van der Waals surface area contributed by atoms with Gasteiger partial charge in [-0.1, -0.05) is 6.92 Å². The number of nitrogens with two attached hydrogens (primary N) is 1. The number of fused-ring (bicyclic) bond motifs is 1. The van der Waals surface area contributed by atoms with E-state index < -0.39 is 0 Å². The number of nitriles is 1. The molecule has 0 aliphatic carbocycles. The van der Waals surface area contributed by atoms with E-state index in [1.165, 1.54) is 0 Å². The van der Waals surface area contributed by atoms with Crippen LogP contribution in [0.3, 0.4) is 0 Å². The molecule has 0 aromatic heterocycles. The van der Waals surface area contributed by atoms with Gasteiger partial charge in [0.25, 0.3) is 0 Å². The largest absolute Gasteiger partial charge is 0.374 e. The van der Waals surface area contributed by atoms with Crippen LogP contribution in [-0.2, 0) is 4.79 Å². The molecule has 0 fully saturated rings. The SMILES string of the molecule is CC(CN)CN1C(=O)CNc2ccc(C#N)cc21. The molecule has 1 atom stereocenters. The Morgan fingerprint density at radius 1 is 1.61 bits per heavy atom. The fraction of sp³-hybridized carbons (Fsp3) is 0.385. The molecular weight excluding hydrogens is 228 g/mol. The van der Waals surface area contributed by atoms with Gasteiger partial charge in [0, 0.05) is 6.54 Å². The number of rotatable bonds is 3. The smallest absolute Gasteiger partial charge is 0.246 e. The summed E-state index contributed by atoms with van der Waals surface area (Å²) in [6.45, 7) is 3.41. The number of hydrogen-bond donors (Lipinski definition) is 2. The second-order valence-electron chi connectivity index (χ2n) is 4.54. The molecule has 5 nitrogen and oxygen atoms in total. The van der Waals surface area contributed by atoms with Gasteiger partial charge in [0.15, 0.2) is 0 Å². The second-order valence-corrected chi connectivity index (χ2v) is 4.54. The van der Waals surface area contributed by atoms with Crippen LogP contribution >= 0.6 is 0 Å². The number of nitrogens with one attached hydrogen (secondary N) is 1. The monoisotopic (exact) mass is 244 g/mol. The molecule has 0 saturated heterocycles.